The molecule has 8 rings (SSSR count). The van der Waals surface area contributed by atoms with E-state index in [0.717, 1.165) is 50.5 Å². The van der Waals surface area contributed by atoms with Crippen molar-refractivity contribution in [2.24, 2.45) is 56.7 Å². The van der Waals surface area contributed by atoms with Crippen LogP contribution in [0.15, 0.2) is 12.2 Å². The highest BCUT2D eigenvalue weighted by Crippen LogP contribution is 2.77. The molecule has 17 heteroatoms. The molecule has 0 aromatic carbocycles. The molecule has 3 unspecified atom stereocenters. The second-order valence-electron chi connectivity index (χ2n) is 22.3. The summed E-state index contributed by atoms with van der Waals surface area (Å²) in [5.74, 6) is 0.213. The van der Waals surface area contributed by atoms with Gasteiger partial charge in [-0.25, -0.2) is 0 Å². The quantitative estimate of drug-likeness (QED) is 0.109. The van der Waals surface area contributed by atoms with E-state index in [9.17, 15) is 55.9 Å². The van der Waals surface area contributed by atoms with E-state index in [1.165, 1.54) is 6.92 Å². The summed E-state index contributed by atoms with van der Waals surface area (Å²) in [5.41, 5.74) is -0.722. The number of aliphatic hydroxyl groups is 9. The molecule has 0 spiro atoms. The average molecular weight is 913 g/mol. The van der Waals surface area contributed by atoms with E-state index in [-0.39, 0.29) is 53.1 Å². The molecule has 8 aliphatic rings. The van der Waals surface area contributed by atoms with Crippen LogP contribution in [-0.2, 0) is 33.2 Å². The van der Waals surface area contributed by atoms with Crippen LogP contribution < -0.4 is 0 Å². The molecule has 3 heterocycles. The molecule has 0 radical (unpaired) electrons. The van der Waals surface area contributed by atoms with Gasteiger partial charge in [0.05, 0.1) is 37.4 Å². The van der Waals surface area contributed by atoms with E-state index in [2.05, 4.69) is 41.2 Å². The first-order valence-electron chi connectivity index (χ1n) is 23.8. The number of ether oxygens (including phenoxy) is 6. The molecule has 366 valence electrons. The van der Waals surface area contributed by atoms with Crippen molar-refractivity contribution in [3.05, 3.63) is 12.2 Å². The molecular weight excluding hydrogens is 836 g/mol. The third kappa shape index (κ3) is 7.31. The molecule has 5 aliphatic carbocycles. The second-order valence-corrected chi connectivity index (χ2v) is 22.3. The summed E-state index contributed by atoms with van der Waals surface area (Å²) in [4.78, 5) is 13.1. The lowest BCUT2D eigenvalue weighted by Gasteiger charge is -2.73. The predicted octanol–water partition coefficient (Wildman–Crippen LogP) is 1.20. The number of allylic oxidation sites excluding steroid dienone is 1. The summed E-state index contributed by atoms with van der Waals surface area (Å²) >= 11 is 0. The molecular formula is C47H76O17. The smallest absolute Gasteiger partial charge is 0.309 e. The Morgan fingerprint density at radius 2 is 1.38 bits per heavy atom. The number of carboxylic acid groups (broad SMARTS) is 1. The second kappa shape index (κ2) is 17.5. The molecule has 0 amide bonds. The van der Waals surface area contributed by atoms with Gasteiger partial charge in [-0.2, -0.15) is 0 Å². The maximum atomic E-state index is 13.1. The molecule has 17 nitrogen and oxygen atoms in total. The number of aliphatic hydroxyl groups excluding tert-OH is 9. The Bertz CT molecular complexity index is 1720. The van der Waals surface area contributed by atoms with Gasteiger partial charge in [-0.15, -0.1) is 0 Å². The lowest BCUT2D eigenvalue weighted by molar-refractivity contribution is -0.383. The Hall–Kier alpha value is -1.39. The van der Waals surface area contributed by atoms with Crippen molar-refractivity contribution in [3.8, 4) is 0 Å². The summed E-state index contributed by atoms with van der Waals surface area (Å²) in [6, 6.07) is 0. The van der Waals surface area contributed by atoms with Crippen LogP contribution in [0.1, 0.15) is 106 Å². The molecule has 5 saturated carbocycles. The van der Waals surface area contributed by atoms with Crippen LogP contribution in [0.4, 0.5) is 0 Å². The van der Waals surface area contributed by atoms with E-state index in [1.807, 2.05) is 0 Å². The van der Waals surface area contributed by atoms with Crippen LogP contribution in [0.3, 0.4) is 0 Å². The summed E-state index contributed by atoms with van der Waals surface area (Å²) in [6.07, 6.45) is -14.0. The van der Waals surface area contributed by atoms with Crippen molar-refractivity contribution in [1.29, 1.82) is 0 Å². The molecule has 3 saturated heterocycles. The minimum absolute atomic E-state index is 0.0305. The Labute approximate surface area is 376 Å². The summed E-state index contributed by atoms with van der Waals surface area (Å²) < 4.78 is 36.2. The summed E-state index contributed by atoms with van der Waals surface area (Å²) in [6.45, 7) is 16.1. The van der Waals surface area contributed by atoms with Gasteiger partial charge in [0.1, 0.15) is 61.0 Å². The third-order valence-electron chi connectivity index (χ3n) is 19.5. The van der Waals surface area contributed by atoms with Gasteiger partial charge in [0, 0.05) is 5.41 Å². The lowest BCUT2D eigenvalue weighted by Crippen LogP contribution is -2.68. The fourth-order valence-electron chi connectivity index (χ4n) is 15.7. The maximum Gasteiger partial charge on any atom is 0.309 e. The Kier molecular flexibility index (Phi) is 13.4. The first kappa shape index (κ1) is 49.0. The number of hydrogen-bond acceptors (Lipinski definition) is 16. The Balaban J connectivity index is 1.00. The number of aliphatic carboxylic acids is 1. The van der Waals surface area contributed by atoms with Crippen LogP contribution in [0.5, 0.6) is 0 Å². The van der Waals surface area contributed by atoms with Gasteiger partial charge in [-0.3, -0.25) is 4.79 Å². The zero-order chi connectivity index (χ0) is 46.6. The molecule has 8 fully saturated rings. The largest absolute Gasteiger partial charge is 0.481 e. The molecule has 25 atom stereocenters. The molecule has 10 N–H and O–H groups in total. The van der Waals surface area contributed by atoms with E-state index in [0.29, 0.717) is 25.2 Å². The Morgan fingerprint density at radius 3 is 2.03 bits per heavy atom. The minimum atomic E-state index is -1.82. The van der Waals surface area contributed by atoms with Crippen LogP contribution in [0.25, 0.3) is 0 Å². The first-order valence-corrected chi connectivity index (χ1v) is 23.8. The Morgan fingerprint density at radius 1 is 0.688 bits per heavy atom. The van der Waals surface area contributed by atoms with E-state index >= 15 is 0 Å². The van der Waals surface area contributed by atoms with Crippen LogP contribution in [0.2, 0.25) is 0 Å². The normalized spacial score (nSPS) is 56.3. The van der Waals surface area contributed by atoms with Crippen molar-refractivity contribution in [2.75, 3.05) is 19.8 Å². The number of hydrogen-bond donors (Lipinski definition) is 10. The van der Waals surface area contributed by atoms with Crippen molar-refractivity contribution in [1.82, 2.24) is 0 Å². The lowest BCUT2D eigenvalue weighted by atomic mass is 9.32. The van der Waals surface area contributed by atoms with Gasteiger partial charge in [0.2, 0.25) is 0 Å². The number of carboxylic acids is 1. The van der Waals surface area contributed by atoms with Crippen molar-refractivity contribution in [3.63, 3.8) is 0 Å². The highest BCUT2D eigenvalue weighted by Gasteiger charge is 2.72. The highest BCUT2D eigenvalue weighted by atomic mass is 16.8. The average Bonchev–Trinajstić information content (AvgIpc) is 3.67. The van der Waals surface area contributed by atoms with Gasteiger partial charge >= 0.3 is 5.97 Å². The van der Waals surface area contributed by atoms with Gasteiger partial charge in [-0.05, 0) is 124 Å². The maximum absolute atomic E-state index is 13.1. The molecule has 0 aromatic rings. The first-order chi connectivity index (χ1) is 30.0. The standard InChI is InChI=1S/C47H76O17/c1-21(2)23-10-15-47(42(57)58)17-16-45(6)24(30(23)47)8-9-28-43(4)13-12-29(44(5,20-49)27(43)11-14-46(28,45)7)62-41-38(32(52)25(50)19-59-41)64-40-36(56)37(31(51)22(3)60-40)63-39-35(55)34(54)33(53)26(18-48)61-39/h22-41,48-56H,1,8-20H2,2-7H3,(H,57,58)/t22-,23-,24?,25-,26+,27?,28+,29-,30?,31-,32-,33+,34-,35+,36+,37+,38+,39-,40-,41-,43-,44-,45+,46+,47-/m0/s1. The highest BCUT2D eigenvalue weighted by molar-refractivity contribution is 5.76. The van der Waals surface area contributed by atoms with Crippen LogP contribution in [0, 0.1) is 56.7 Å². The van der Waals surface area contributed by atoms with Gasteiger partial charge < -0.3 is 79.5 Å². The fourth-order valence-corrected chi connectivity index (χ4v) is 15.7. The van der Waals surface area contributed by atoms with Gasteiger partial charge in [0.25, 0.3) is 0 Å². The van der Waals surface area contributed by atoms with Gasteiger partial charge in [0.15, 0.2) is 18.9 Å². The van der Waals surface area contributed by atoms with E-state index < -0.39 is 116 Å². The number of fused-ring (bicyclic) bond motifs is 7. The molecule has 0 aromatic heterocycles. The SMILES string of the molecule is C=C(C)[C@@H]1CC[C@]2(C(=O)O)CC[C@]3(C)C(CC[C@@H]4[C@@]5(C)CC[C@H](O[C@@H]6OC[C@H](O)[C@H](O)[C@H]6O[C@@H]6O[C@@H](C)[C@H](O)[C@@H](O[C@@H]7O[C@H](CO)[C@@H](O)[C@H](O)[C@H]7O)[C@H]6O)[C@@](C)(CO)C5CC[C@]43C)C12. The minimum Gasteiger partial charge on any atom is -0.481 e. The predicted molar refractivity (Wildman–Crippen MR) is 225 cm³/mol. The van der Waals surface area contributed by atoms with E-state index in [1.54, 1.807) is 0 Å². The number of carbonyl (C=O) groups is 1. The zero-order valence-corrected chi connectivity index (χ0v) is 38.3. The van der Waals surface area contributed by atoms with Crippen molar-refractivity contribution >= 4 is 5.97 Å². The zero-order valence-electron chi connectivity index (χ0n) is 38.3. The summed E-state index contributed by atoms with van der Waals surface area (Å²) in [7, 11) is 0. The summed E-state index contributed by atoms with van der Waals surface area (Å²) in [5, 5.41) is 108. The van der Waals surface area contributed by atoms with Crippen molar-refractivity contribution in [2.45, 2.75) is 198 Å². The topological polar surface area (TPSA) is 275 Å². The fraction of sp³-hybridized carbons (Fsp3) is 0.936. The third-order valence-corrected chi connectivity index (χ3v) is 19.5. The van der Waals surface area contributed by atoms with Gasteiger partial charge in [-0.1, -0.05) is 39.8 Å². The molecule has 0 bridgehead atoms. The number of rotatable bonds is 10. The van der Waals surface area contributed by atoms with Crippen LogP contribution >= 0.6 is 0 Å². The molecule has 64 heavy (non-hydrogen) atoms. The van der Waals surface area contributed by atoms with E-state index in [4.69, 9.17) is 28.4 Å². The monoisotopic (exact) mass is 913 g/mol. The molecule has 3 aliphatic heterocycles. The van der Waals surface area contributed by atoms with Crippen molar-refractivity contribution < 1.29 is 84.3 Å². The van der Waals surface area contributed by atoms with Crippen LogP contribution in [-0.4, -0.2) is 169 Å².